The van der Waals surface area contributed by atoms with E-state index in [2.05, 4.69) is 0 Å². The van der Waals surface area contributed by atoms with E-state index in [-0.39, 0.29) is 5.91 Å². The second kappa shape index (κ2) is 6.24. The summed E-state index contributed by atoms with van der Waals surface area (Å²) >= 11 is 0. The molecule has 2 N–H and O–H groups in total. The first kappa shape index (κ1) is 14.1. The van der Waals surface area contributed by atoms with Gasteiger partial charge in [0, 0.05) is 17.9 Å². The molecule has 0 aliphatic rings. The number of nitrogens with two attached hydrogens (primary N) is 1. The largest absolute Gasteiger partial charge is 0.398 e. The lowest BCUT2D eigenvalue weighted by molar-refractivity contribution is -0.117. The number of amides is 1. The van der Waals surface area contributed by atoms with Gasteiger partial charge >= 0.3 is 0 Å². The zero-order chi connectivity index (χ0) is 14.5. The molecule has 20 heavy (non-hydrogen) atoms. The number of rotatable bonds is 4. The molecule has 3 nitrogen and oxygen atoms in total. The molecule has 0 unspecified atom stereocenters. The van der Waals surface area contributed by atoms with Crippen LogP contribution in [-0.2, 0) is 11.2 Å². The number of benzene rings is 2. The molecule has 0 spiro atoms. The molecular weight excluding hydrogens is 248 g/mol. The number of carbonyl (C=O) groups excluding carboxylic acids is 1. The maximum Gasteiger partial charge on any atom is 0.231 e. The van der Waals surface area contributed by atoms with Gasteiger partial charge < -0.3 is 10.6 Å². The van der Waals surface area contributed by atoms with E-state index in [1.54, 1.807) is 4.90 Å². The summed E-state index contributed by atoms with van der Waals surface area (Å²) in [6, 6.07) is 15.5. The summed E-state index contributed by atoms with van der Waals surface area (Å²) < 4.78 is 0. The summed E-state index contributed by atoms with van der Waals surface area (Å²) in [6.07, 6.45) is 0.328. The highest BCUT2D eigenvalue weighted by molar-refractivity contribution is 5.95. The zero-order valence-electron chi connectivity index (χ0n) is 12.0. The normalized spacial score (nSPS) is 10.3. The van der Waals surface area contributed by atoms with Crippen molar-refractivity contribution >= 4 is 17.3 Å². The molecule has 0 heterocycles. The Morgan fingerprint density at radius 1 is 1.15 bits per heavy atom. The summed E-state index contributed by atoms with van der Waals surface area (Å²) in [4.78, 5) is 14.3. The van der Waals surface area contributed by atoms with Gasteiger partial charge in [0.15, 0.2) is 0 Å². The van der Waals surface area contributed by atoms with Crippen molar-refractivity contribution in [2.45, 2.75) is 20.3 Å². The third-order valence-electron chi connectivity index (χ3n) is 3.33. The summed E-state index contributed by atoms with van der Waals surface area (Å²) in [6.45, 7) is 4.65. The molecule has 3 heteroatoms. The molecule has 0 aliphatic heterocycles. The van der Waals surface area contributed by atoms with Crippen molar-refractivity contribution in [1.82, 2.24) is 0 Å². The minimum absolute atomic E-state index is 0.0657. The van der Waals surface area contributed by atoms with Crippen LogP contribution in [0.2, 0.25) is 0 Å². The second-order valence-corrected chi connectivity index (χ2v) is 4.85. The van der Waals surface area contributed by atoms with Crippen LogP contribution < -0.4 is 10.6 Å². The number of aryl methyl sites for hydroxylation is 1. The number of likely N-dealkylation sites (N-methyl/N-ethyl adjacent to an activating group) is 1. The van der Waals surface area contributed by atoms with E-state index in [0.29, 0.717) is 18.7 Å². The van der Waals surface area contributed by atoms with Gasteiger partial charge in [0.05, 0.1) is 6.42 Å². The van der Waals surface area contributed by atoms with Gasteiger partial charge in [-0.1, -0.05) is 30.3 Å². The number of hydrogen-bond acceptors (Lipinski definition) is 2. The average Bonchev–Trinajstić information content (AvgIpc) is 2.42. The van der Waals surface area contributed by atoms with Crippen LogP contribution in [0.25, 0.3) is 0 Å². The minimum atomic E-state index is 0.0657. The molecule has 0 aromatic heterocycles. The van der Waals surface area contributed by atoms with Crippen molar-refractivity contribution in [1.29, 1.82) is 0 Å². The molecule has 1 amide bonds. The monoisotopic (exact) mass is 268 g/mol. The summed E-state index contributed by atoms with van der Waals surface area (Å²) in [5.41, 5.74) is 9.53. The van der Waals surface area contributed by atoms with E-state index >= 15 is 0 Å². The Morgan fingerprint density at radius 3 is 2.55 bits per heavy atom. The fraction of sp³-hybridized carbons (Fsp3) is 0.235. The zero-order valence-corrected chi connectivity index (χ0v) is 12.0. The third kappa shape index (κ3) is 3.18. The van der Waals surface area contributed by atoms with Crippen LogP contribution in [0.1, 0.15) is 18.1 Å². The van der Waals surface area contributed by atoms with Crippen molar-refractivity contribution in [3.8, 4) is 0 Å². The summed E-state index contributed by atoms with van der Waals surface area (Å²) in [5, 5.41) is 0. The molecule has 0 bridgehead atoms. The van der Waals surface area contributed by atoms with Crippen molar-refractivity contribution in [3.63, 3.8) is 0 Å². The fourth-order valence-electron chi connectivity index (χ4n) is 2.25. The molecule has 0 fully saturated rings. The van der Waals surface area contributed by atoms with Crippen molar-refractivity contribution in [2.24, 2.45) is 0 Å². The van der Waals surface area contributed by atoms with Gasteiger partial charge in [-0.15, -0.1) is 0 Å². The standard InChI is InChI=1S/C17H20N2O/c1-3-19(15-9-6-7-13(2)11-15)17(20)12-14-8-4-5-10-16(14)18/h4-11H,3,12,18H2,1-2H3. The van der Waals surface area contributed by atoms with Gasteiger partial charge in [0.25, 0.3) is 0 Å². The third-order valence-corrected chi connectivity index (χ3v) is 3.33. The van der Waals surface area contributed by atoms with Crippen LogP contribution in [0.15, 0.2) is 48.5 Å². The lowest BCUT2D eigenvalue weighted by Gasteiger charge is -2.22. The number of nitrogens with zero attached hydrogens (tertiary/aromatic N) is 1. The number of anilines is 2. The highest BCUT2D eigenvalue weighted by Crippen LogP contribution is 2.18. The second-order valence-electron chi connectivity index (χ2n) is 4.85. The maximum absolute atomic E-state index is 12.5. The molecule has 104 valence electrons. The lowest BCUT2D eigenvalue weighted by atomic mass is 10.1. The Morgan fingerprint density at radius 2 is 1.90 bits per heavy atom. The van der Waals surface area contributed by atoms with E-state index in [1.807, 2.05) is 62.4 Å². The van der Waals surface area contributed by atoms with Crippen molar-refractivity contribution < 1.29 is 4.79 Å². The van der Waals surface area contributed by atoms with E-state index in [4.69, 9.17) is 5.73 Å². The van der Waals surface area contributed by atoms with Crippen LogP contribution in [0.5, 0.6) is 0 Å². The predicted molar refractivity (Wildman–Crippen MR) is 83.8 cm³/mol. The van der Waals surface area contributed by atoms with Crippen LogP contribution in [0, 0.1) is 6.92 Å². The molecule has 0 saturated heterocycles. The van der Waals surface area contributed by atoms with Gasteiger partial charge in [-0.05, 0) is 43.2 Å². The molecule has 0 aliphatic carbocycles. The molecule has 2 aromatic carbocycles. The van der Waals surface area contributed by atoms with E-state index in [0.717, 1.165) is 16.8 Å². The molecule has 0 radical (unpaired) electrons. The van der Waals surface area contributed by atoms with Crippen molar-refractivity contribution in [3.05, 3.63) is 59.7 Å². The first-order valence-electron chi connectivity index (χ1n) is 6.82. The highest BCUT2D eigenvalue weighted by atomic mass is 16.2. The number of carbonyl (C=O) groups is 1. The molecular formula is C17H20N2O. The number of nitrogen functional groups attached to an aromatic ring is 1. The molecule has 0 saturated carbocycles. The maximum atomic E-state index is 12.5. The van der Waals surface area contributed by atoms with Crippen LogP contribution in [0.3, 0.4) is 0 Å². The average molecular weight is 268 g/mol. The predicted octanol–water partition coefficient (Wildman–Crippen LogP) is 3.17. The van der Waals surface area contributed by atoms with Crippen LogP contribution >= 0.6 is 0 Å². The molecule has 2 rings (SSSR count). The van der Waals surface area contributed by atoms with Gasteiger partial charge in [0.1, 0.15) is 0 Å². The quantitative estimate of drug-likeness (QED) is 0.866. The first-order chi connectivity index (χ1) is 9.61. The van der Waals surface area contributed by atoms with Gasteiger partial charge in [0.2, 0.25) is 5.91 Å². The van der Waals surface area contributed by atoms with E-state index in [9.17, 15) is 4.79 Å². The highest BCUT2D eigenvalue weighted by Gasteiger charge is 2.15. The Kier molecular flexibility index (Phi) is 4.41. The Bertz CT molecular complexity index is 607. The van der Waals surface area contributed by atoms with Gasteiger partial charge in [-0.2, -0.15) is 0 Å². The summed E-state index contributed by atoms with van der Waals surface area (Å²) in [5.74, 6) is 0.0657. The van der Waals surface area contributed by atoms with Gasteiger partial charge in [-0.3, -0.25) is 4.79 Å². The Hall–Kier alpha value is -2.29. The lowest BCUT2D eigenvalue weighted by Crippen LogP contribution is -2.32. The fourth-order valence-corrected chi connectivity index (χ4v) is 2.25. The van der Waals surface area contributed by atoms with E-state index < -0.39 is 0 Å². The molecule has 2 aromatic rings. The van der Waals surface area contributed by atoms with Crippen LogP contribution in [0.4, 0.5) is 11.4 Å². The van der Waals surface area contributed by atoms with Gasteiger partial charge in [-0.25, -0.2) is 0 Å². The van der Waals surface area contributed by atoms with Crippen molar-refractivity contribution in [2.75, 3.05) is 17.2 Å². The van der Waals surface area contributed by atoms with E-state index in [1.165, 1.54) is 0 Å². The van der Waals surface area contributed by atoms with Crippen LogP contribution in [-0.4, -0.2) is 12.5 Å². The smallest absolute Gasteiger partial charge is 0.231 e. The Balaban J connectivity index is 2.20. The molecule has 0 atom stereocenters. The topological polar surface area (TPSA) is 46.3 Å². The summed E-state index contributed by atoms with van der Waals surface area (Å²) in [7, 11) is 0. The SMILES string of the molecule is CCN(C(=O)Cc1ccccc1N)c1cccc(C)c1. The minimum Gasteiger partial charge on any atom is -0.398 e. The Labute approximate surface area is 120 Å². The first-order valence-corrected chi connectivity index (χ1v) is 6.82. The number of para-hydroxylation sites is 1. The number of hydrogen-bond donors (Lipinski definition) is 1.